The Balaban J connectivity index is 1.40. The molecule has 0 spiro atoms. The number of allylic oxidation sites excluding steroid dienone is 1. The lowest BCUT2D eigenvalue weighted by atomic mass is 10.1. The first-order valence-corrected chi connectivity index (χ1v) is 10.5. The van der Waals surface area contributed by atoms with Crippen molar-refractivity contribution >= 4 is 11.8 Å². The van der Waals surface area contributed by atoms with Crippen molar-refractivity contribution in [3.05, 3.63) is 94.3 Å². The molecule has 1 unspecified atom stereocenters. The number of nitrogens with zero attached hydrogens (tertiary/aromatic N) is 4. The van der Waals surface area contributed by atoms with Gasteiger partial charge >= 0.3 is 0 Å². The Morgan fingerprint density at radius 2 is 1.83 bits per heavy atom. The van der Waals surface area contributed by atoms with Gasteiger partial charge in [0.2, 0.25) is 0 Å². The van der Waals surface area contributed by atoms with Gasteiger partial charge in [0.25, 0.3) is 0 Å². The molecule has 0 amide bonds. The average Bonchev–Trinajstić information content (AvgIpc) is 3.33. The fourth-order valence-corrected chi connectivity index (χ4v) is 4.44. The fraction of sp³-hybridized carbons (Fsp3) is 0.273. The van der Waals surface area contributed by atoms with Crippen LogP contribution in [0.25, 0.3) is 0 Å². The van der Waals surface area contributed by atoms with Gasteiger partial charge in [0, 0.05) is 12.2 Å². The number of aryl methyl sites for hydroxylation is 2. The van der Waals surface area contributed by atoms with E-state index in [1.54, 1.807) is 17.8 Å². The molecule has 150 valence electrons. The maximum absolute atomic E-state index is 13.6. The highest BCUT2D eigenvalue weighted by molar-refractivity contribution is 8.02. The van der Waals surface area contributed by atoms with E-state index >= 15 is 0 Å². The number of aromatic nitrogens is 3. The fourth-order valence-electron chi connectivity index (χ4n) is 3.37. The molecule has 0 fully saturated rings. The van der Waals surface area contributed by atoms with Crippen molar-refractivity contribution in [2.24, 2.45) is 0 Å². The third kappa shape index (κ3) is 4.67. The summed E-state index contributed by atoms with van der Waals surface area (Å²) < 4.78 is 28.6. The molecule has 1 aliphatic rings. The molecule has 0 saturated carbocycles. The lowest BCUT2D eigenvalue weighted by Gasteiger charge is -2.27. The number of rotatable bonds is 7. The van der Waals surface area contributed by atoms with Gasteiger partial charge in [0.15, 0.2) is 17.1 Å². The van der Waals surface area contributed by atoms with Gasteiger partial charge in [-0.05, 0) is 54.9 Å². The minimum atomic E-state index is -0.829. The zero-order valence-corrected chi connectivity index (χ0v) is 16.9. The second-order valence-corrected chi connectivity index (χ2v) is 8.06. The molecule has 0 N–H and O–H groups in total. The molecule has 3 aromatic rings. The van der Waals surface area contributed by atoms with Crippen LogP contribution in [0.4, 0.5) is 8.78 Å². The maximum atomic E-state index is 13.6. The van der Waals surface area contributed by atoms with E-state index in [1.165, 1.54) is 17.7 Å². The van der Waals surface area contributed by atoms with E-state index in [4.69, 9.17) is 0 Å². The molecule has 7 heteroatoms. The van der Waals surface area contributed by atoms with Gasteiger partial charge in [0.05, 0.1) is 11.9 Å². The second kappa shape index (κ2) is 8.78. The van der Waals surface area contributed by atoms with Crippen LogP contribution < -0.4 is 0 Å². The SMILES string of the molecule is CC1=CSC(n2cc(CCCc3ccccc3)nn2)N1Cc1ccc(F)c(F)c1. The highest BCUT2D eigenvalue weighted by atomic mass is 32.2. The molecule has 0 saturated heterocycles. The summed E-state index contributed by atoms with van der Waals surface area (Å²) in [5.41, 5.74) is 3.97. The van der Waals surface area contributed by atoms with E-state index in [-0.39, 0.29) is 5.50 Å². The molecule has 2 heterocycles. The minimum absolute atomic E-state index is 0.0847. The molecule has 1 atom stereocenters. The molecular weight excluding hydrogens is 390 g/mol. The van der Waals surface area contributed by atoms with Crippen molar-refractivity contribution < 1.29 is 8.78 Å². The van der Waals surface area contributed by atoms with Gasteiger partial charge in [-0.15, -0.1) is 5.10 Å². The standard InChI is InChI=1S/C22H22F2N4S/c1-16-15-29-22(27(16)13-18-10-11-20(23)21(24)12-18)28-14-19(25-26-28)9-5-8-17-6-3-2-4-7-17/h2-4,6-7,10-12,14-15,22H,5,8-9,13H2,1H3. The molecule has 0 bridgehead atoms. The lowest BCUT2D eigenvalue weighted by molar-refractivity contribution is 0.250. The van der Waals surface area contributed by atoms with Crippen LogP contribution in [0.5, 0.6) is 0 Å². The highest BCUT2D eigenvalue weighted by Gasteiger charge is 2.27. The van der Waals surface area contributed by atoms with E-state index in [2.05, 4.69) is 44.9 Å². The predicted molar refractivity (Wildman–Crippen MR) is 111 cm³/mol. The summed E-state index contributed by atoms with van der Waals surface area (Å²) >= 11 is 1.63. The van der Waals surface area contributed by atoms with Gasteiger partial charge in [-0.2, -0.15) is 0 Å². The van der Waals surface area contributed by atoms with Gasteiger partial charge in [0.1, 0.15) is 0 Å². The molecular formula is C22H22F2N4S. The number of hydrogen-bond donors (Lipinski definition) is 0. The van der Waals surface area contributed by atoms with E-state index in [9.17, 15) is 8.78 Å². The Morgan fingerprint density at radius 1 is 1.00 bits per heavy atom. The van der Waals surface area contributed by atoms with Crippen molar-refractivity contribution in [1.29, 1.82) is 0 Å². The normalized spacial score (nSPS) is 16.3. The number of thioether (sulfide) groups is 1. The first kappa shape index (κ1) is 19.6. The first-order chi connectivity index (χ1) is 14.1. The monoisotopic (exact) mass is 412 g/mol. The van der Waals surface area contributed by atoms with E-state index in [1.807, 2.05) is 23.9 Å². The molecule has 1 aromatic heterocycles. The largest absolute Gasteiger partial charge is 0.340 e. The van der Waals surface area contributed by atoms with Crippen molar-refractivity contribution in [2.75, 3.05) is 0 Å². The zero-order valence-electron chi connectivity index (χ0n) is 16.1. The minimum Gasteiger partial charge on any atom is -0.340 e. The Kier molecular flexibility index (Phi) is 5.94. The molecule has 4 nitrogen and oxygen atoms in total. The topological polar surface area (TPSA) is 34.0 Å². The number of hydrogen-bond acceptors (Lipinski definition) is 4. The Hall–Kier alpha value is -2.67. The molecule has 29 heavy (non-hydrogen) atoms. The van der Waals surface area contributed by atoms with Crippen molar-refractivity contribution in [2.45, 2.75) is 38.2 Å². The smallest absolute Gasteiger partial charge is 0.176 e. The van der Waals surface area contributed by atoms with Crippen LogP contribution >= 0.6 is 11.8 Å². The third-order valence-corrected chi connectivity index (χ3v) is 6.13. The number of benzene rings is 2. The molecule has 4 rings (SSSR count). The summed E-state index contributed by atoms with van der Waals surface area (Å²) in [6.45, 7) is 2.48. The molecule has 2 aromatic carbocycles. The average molecular weight is 413 g/mol. The van der Waals surface area contributed by atoms with Crippen LogP contribution in [0.3, 0.4) is 0 Å². The summed E-state index contributed by atoms with van der Waals surface area (Å²) in [6, 6.07) is 14.4. The summed E-state index contributed by atoms with van der Waals surface area (Å²) in [5, 5.41) is 10.7. The predicted octanol–water partition coefficient (Wildman–Crippen LogP) is 5.30. The Bertz CT molecular complexity index is 1000. The van der Waals surface area contributed by atoms with Crippen LogP contribution in [-0.4, -0.2) is 19.9 Å². The van der Waals surface area contributed by atoms with Crippen molar-refractivity contribution in [3.8, 4) is 0 Å². The van der Waals surface area contributed by atoms with Crippen molar-refractivity contribution in [3.63, 3.8) is 0 Å². The van der Waals surface area contributed by atoms with Crippen LogP contribution in [0.15, 0.2) is 65.8 Å². The summed E-state index contributed by atoms with van der Waals surface area (Å²) in [4.78, 5) is 2.11. The molecule has 0 aliphatic carbocycles. The van der Waals surface area contributed by atoms with E-state index < -0.39 is 11.6 Å². The summed E-state index contributed by atoms with van der Waals surface area (Å²) in [6.07, 6.45) is 4.86. The summed E-state index contributed by atoms with van der Waals surface area (Å²) in [7, 11) is 0. The van der Waals surface area contributed by atoms with Gasteiger partial charge in [-0.25, -0.2) is 13.5 Å². The maximum Gasteiger partial charge on any atom is 0.176 e. The number of halogens is 2. The van der Waals surface area contributed by atoms with Crippen molar-refractivity contribution in [1.82, 2.24) is 19.9 Å². The highest BCUT2D eigenvalue weighted by Crippen LogP contribution is 2.39. The van der Waals surface area contributed by atoms with Gasteiger partial charge in [-0.1, -0.05) is 53.4 Å². The van der Waals surface area contributed by atoms with Crippen LogP contribution in [0, 0.1) is 11.6 Å². The second-order valence-electron chi connectivity index (χ2n) is 7.13. The third-order valence-electron chi connectivity index (χ3n) is 4.94. The zero-order chi connectivity index (χ0) is 20.2. The van der Waals surface area contributed by atoms with E-state index in [0.29, 0.717) is 12.1 Å². The Morgan fingerprint density at radius 3 is 2.62 bits per heavy atom. The molecule has 0 radical (unpaired) electrons. The molecule has 1 aliphatic heterocycles. The summed E-state index contributed by atoms with van der Waals surface area (Å²) in [5.74, 6) is -1.65. The van der Waals surface area contributed by atoms with Gasteiger partial charge in [-0.3, -0.25) is 0 Å². The Labute approximate surface area is 173 Å². The first-order valence-electron chi connectivity index (χ1n) is 9.57. The lowest BCUT2D eigenvalue weighted by Crippen LogP contribution is -2.26. The quantitative estimate of drug-likeness (QED) is 0.527. The van der Waals surface area contributed by atoms with Crippen LogP contribution in [0.1, 0.15) is 35.7 Å². The van der Waals surface area contributed by atoms with E-state index in [0.717, 1.165) is 30.7 Å². The van der Waals surface area contributed by atoms with Crippen LogP contribution in [0.2, 0.25) is 0 Å². The van der Waals surface area contributed by atoms with Gasteiger partial charge < -0.3 is 4.90 Å². The van der Waals surface area contributed by atoms with Crippen LogP contribution in [-0.2, 0) is 19.4 Å².